The first-order valence-electron chi connectivity index (χ1n) is 7.83. The Hall–Kier alpha value is -3.35. The van der Waals surface area contributed by atoms with E-state index in [1.165, 1.54) is 18.7 Å². The summed E-state index contributed by atoms with van der Waals surface area (Å²) >= 11 is 0. The summed E-state index contributed by atoms with van der Waals surface area (Å²) in [6, 6.07) is 10.4. The van der Waals surface area contributed by atoms with Crippen LogP contribution in [0.1, 0.15) is 5.56 Å². The molecule has 0 amide bonds. The van der Waals surface area contributed by atoms with Crippen LogP contribution in [0, 0.1) is 35.7 Å². The van der Waals surface area contributed by atoms with Crippen LogP contribution in [-0.2, 0) is 20.1 Å². The number of rotatable bonds is 2. The number of aromatic nitrogens is 4. The summed E-state index contributed by atoms with van der Waals surface area (Å²) in [6.07, 6.45) is 5.82. The van der Waals surface area contributed by atoms with Crippen molar-refractivity contribution in [2.45, 2.75) is 0 Å². The second-order valence-electron chi connectivity index (χ2n) is 5.32. The predicted molar refractivity (Wildman–Crippen MR) is 96.0 cm³/mol. The van der Waals surface area contributed by atoms with Gasteiger partial charge in [0.2, 0.25) is 0 Å². The number of anilines is 1. The fourth-order valence-electron chi connectivity index (χ4n) is 2.11. The van der Waals surface area contributed by atoms with Crippen LogP contribution in [0.3, 0.4) is 0 Å². The van der Waals surface area contributed by atoms with Gasteiger partial charge < -0.3 is 9.91 Å². The van der Waals surface area contributed by atoms with Gasteiger partial charge in [0.15, 0.2) is 0 Å². The van der Waals surface area contributed by atoms with E-state index in [9.17, 15) is 8.78 Å². The molecular weight excluding hydrogens is 558 g/mol. The molecule has 0 unspecified atom stereocenters. The third-order valence-corrected chi connectivity index (χ3v) is 3.38. The van der Waals surface area contributed by atoms with E-state index in [4.69, 9.17) is 5.26 Å². The van der Waals surface area contributed by atoms with Crippen molar-refractivity contribution in [1.29, 1.82) is 5.26 Å². The molecule has 0 atom stereocenters. The number of nitriles is 1. The maximum Gasteiger partial charge on any atom is 0.120 e. The maximum atomic E-state index is 13.6. The van der Waals surface area contributed by atoms with Gasteiger partial charge in [0.1, 0.15) is 18.5 Å². The minimum absolute atomic E-state index is 0. The Balaban J connectivity index is 0.000000207. The maximum absolute atomic E-state index is 13.6. The van der Waals surface area contributed by atoms with Gasteiger partial charge in [0.25, 0.3) is 0 Å². The summed E-state index contributed by atoms with van der Waals surface area (Å²) in [5, 5.41) is 14.4. The van der Waals surface area contributed by atoms with Crippen molar-refractivity contribution in [1.82, 2.24) is 24.8 Å². The number of halogens is 2. The minimum Gasteiger partial charge on any atom is -0.493 e. The number of nitrogens with zero attached hydrogens (tertiary/aromatic N) is 8. The molecule has 4 rings (SSSR count). The Bertz CT molecular complexity index is 1010. The zero-order valence-corrected chi connectivity index (χ0v) is 17.3. The first kappa shape index (κ1) is 21.9. The summed E-state index contributed by atoms with van der Waals surface area (Å²) in [6.45, 7) is 1.86. The summed E-state index contributed by atoms with van der Waals surface area (Å²) < 4.78 is 26.6. The molecule has 0 saturated carbocycles. The molecule has 1 radical (unpaired) electrons. The molecule has 11 heteroatoms. The molecule has 0 bridgehead atoms. The van der Waals surface area contributed by atoms with Crippen molar-refractivity contribution < 1.29 is 28.9 Å². The second-order valence-corrected chi connectivity index (χ2v) is 5.32. The third-order valence-electron chi connectivity index (χ3n) is 3.38. The van der Waals surface area contributed by atoms with Crippen LogP contribution in [0.15, 0.2) is 48.2 Å². The van der Waals surface area contributed by atoms with Crippen LogP contribution >= 0.6 is 0 Å². The molecule has 29 heavy (non-hydrogen) atoms. The Morgan fingerprint density at radius 1 is 1.17 bits per heavy atom. The van der Waals surface area contributed by atoms with Gasteiger partial charge in [-0.15, -0.1) is 18.8 Å². The second kappa shape index (κ2) is 10.3. The van der Waals surface area contributed by atoms with Crippen LogP contribution in [0.4, 0.5) is 14.6 Å². The fourth-order valence-corrected chi connectivity index (χ4v) is 2.11. The molecule has 1 aromatic carbocycles. The molecule has 8 nitrogen and oxygen atoms in total. The van der Waals surface area contributed by atoms with Crippen LogP contribution in [-0.4, -0.2) is 38.2 Å². The summed E-state index contributed by atoms with van der Waals surface area (Å²) in [4.78, 5) is 17.0. The number of hydrazone groups is 1. The molecule has 0 aliphatic carbocycles. The van der Waals surface area contributed by atoms with Crippen molar-refractivity contribution in [2.75, 3.05) is 12.1 Å². The standard InChI is InChI=1S/C10H3F2N4.C8H9N4.Ir/c11-8-2-1-6(9(12)7(8)3-13)10-15-4-14-5-16-10;1-11-6-10-12(7-11)8-4-2-3-5-9-8;/h2,4-5H;2-7H,1H3;/q2*-1;. The van der Waals surface area contributed by atoms with Crippen LogP contribution < -0.4 is 5.01 Å². The molecule has 1 aliphatic rings. The molecular formula is C18H12F2IrN8-2. The predicted octanol–water partition coefficient (Wildman–Crippen LogP) is 2.38. The Kier molecular flexibility index (Phi) is 7.77. The first-order chi connectivity index (χ1) is 13.6. The zero-order valence-electron chi connectivity index (χ0n) is 14.9. The summed E-state index contributed by atoms with van der Waals surface area (Å²) in [5.41, 5.74) is -0.825. The van der Waals surface area contributed by atoms with Crippen molar-refractivity contribution in [3.63, 3.8) is 0 Å². The first-order valence-corrected chi connectivity index (χ1v) is 7.83. The van der Waals surface area contributed by atoms with E-state index in [2.05, 4.69) is 31.1 Å². The summed E-state index contributed by atoms with van der Waals surface area (Å²) in [5.74, 6) is -1.14. The van der Waals surface area contributed by atoms with Gasteiger partial charge in [-0.2, -0.15) is 10.4 Å². The number of hydrogen-bond donors (Lipinski definition) is 0. The SMILES string of the molecule is CN1C=NN(c2ccccn2)[CH-]1.N#Cc1c(F)c[c-]c(-c2ncncn2)c1F.[Ir]. The fraction of sp³-hybridized carbons (Fsp3) is 0.0556. The van der Waals surface area contributed by atoms with Gasteiger partial charge in [-0.1, -0.05) is 11.6 Å². The molecule has 0 N–H and O–H groups in total. The Morgan fingerprint density at radius 3 is 2.52 bits per heavy atom. The largest absolute Gasteiger partial charge is 0.493 e. The van der Waals surface area contributed by atoms with E-state index in [0.717, 1.165) is 11.9 Å². The number of hydrogen-bond acceptors (Lipinski definition) is 8. The molecule has 3 heterocycles. The topological polar surface area (TPSA) is 94.2 Å². The van der Waals surface area contributed by atoms with Crippen LogP contribution in [0.2, 0.25) is 0 Å². The Labute approximate surface area is 178 Å². The van der Waals surface area contributed by atoms with E-state index in [1.807, 2.05) is 36.8 Å². The van der Waals surface area contributed by atoms with Crippen molar-refractivity contribution >= 4 is 12.2 Å². The molecule has 149 valence electrons. The van der Waals surface area contributed by atoms with Crippen molar-refractivity contribution in [3.05, 3.63) is 73.0 Å². The van der Waals surface area contributed by atoms with E-state index < -0.39 is 17.2 Å². The average Bonchev–Trinajstić information content (AvgIpc) is 3.17. The summed E-state index contributed by atoms with van der Waals surface area (Å²) in [7, 11) is 1.92. The smallest absolute Gasteiger partial charge is 0.120 e. The van der Waals surface area contributed by atoms with Gasteiger partial charge in [-0.25, -0.2) is 9.97 Å². The van der Waals surface area contributed by atoms with Gasteiger partial charge in [0.05, 0.1) is 29.9 Å². The van der Waals surface area contributed by atoms with Gasteiger partial charge >= 0.3 is 0 Å². The van der Waals surface area contributed by atoms with E-state index in [1.54, 1.807) is 17.5 Å². The minimum atomic E-state index is -1.02. The molecule has 2 aromatic heterocycles. The molecule has 3 aromatic rings. The molecule has 0 spiro atoms. The van der Waals surface area contributed by atoms with Gasteiger partial charge in [0, 0.05) is 31.9 Å². The van der Waals surface area contributed by atoms with Crippen molar-refractivity contribution in [2.24, 2.45) is 5.10 Å². The van der Waals surface area contributed by atoms with E-state index >= 15 is 0 Å². The molecule has 0 saturated heterocycles. The third kappa shape index (κ3) is 5.34. The molecule has 1 aliphatic heterocycles. The Morgan fingerprint density at radius 2 is 1.93 bits per heavy atom. The van der Waals surface area contributed by atoms with E-state index in [0.29, 0.717) is 0 Å². The molecule has 0 fully saturated rings. The number of pyridine rings is 1. The van der Waals surface area contributed by atoms with Crippen molar-refractivity contribution in [3.8, 4) is 17.5 Å². The number of benzene rings is 1. The monoisotopic (exact) mass is 571 g/mol. The van der Waals surface area contributed by atoms with E-state index in [-0.39, 0.29) is 31.5 Å². The van der Waals surface area contributed by atoms with Gasteiger partial charge in [-0.05, 0) is 19.2 Å². The average molecular weight is 571 g/mol. The van der Waals surface area contributed by atoms with Gasteiger partial charge in [-0.3, -0.25) is 18.7 Å². The quantitative estimate of drug-likeness (QED) is 0.437. The zero-order chi connectivity index (χ0) is 19.9. The van der Waals surface area contributed by atoms with Crippen LogP contribution in [0.5, 0.6) is 0 Å². The normalized spacial score (nSPS) is 11.9. The van der Waals surface area contributed by atoms with Crippen LogP contribution in [0.25, 0.3) is 11.4 Å².